The summed E-state index contributed by atoms with van der Waals surface area (Å²) in [5.74, 6) is -0.0468. The molecule has 5 rings (SSSR count). The molecule has 0 N–H and O–H groups in total. The lowest BCUT2D eigenvalue weighted by Crippen LogP contribution is -2.42. The molecule has 1 fully saturated rings. The monoisotopic (exact) mass is 390 g/mol. The van der Waals surface area contributed by atoms with E-state index in [9.17, 15) is 9.59 Å². The summed E-state index contributed by atoms with van der Waals surface area (Å²) >= 11 is 0. The Morgan fingerprint density at radius 2 is 1.62 bits per heavy atom. The molecular weight excluding hydrogens is 368 g/mol. The normalized spacial score (nSPS) is 19.7. The maximum Gasteiger partial charge on any atom is 0.290 e. The van der Waals surface area contributed by atoms with Crippen LogP contribution in [-0.4, -0.2) is 55.1 Å². The molecule has 3 aromatic rings. The van der Waals surface area contributed by atoms with Crippen molar-refractivity contribution in [3.63, 3.8) is 0 Å². The largest absolute Gasteiger partial charge is 0.450 e. The van der Waals surface area contributed by atoms with Crippen LogP contribution in [0.15, 0.2) is 63.8 Å². The summed E-state index contributed by atoms with van der Waals surface area (Å²) in [6.45, 7) is 4.39. The Morgan fingerprint density at radius 1 is 0.897 bits per heavy atom. The first-order valence-electron chi connectivity index (χ1n) is 9.96. The number of morpholine rings is 1. The number of benzene rings is 2. The average Bonchev–Trinajstić information content (AvgIpc) is 3.06. The van der Waals surface area contributed by atoms with Crippen molar-refractivity contribution in [2.75, 3.05) is 39.4 Å². The highest BCUT2D eigenvalue weighted by molar-refractivity contribution is 5.99. The Hall–Kier alpha value is -2.96. The van der Waals surface area contributed by atoms with Crippen molar-refractivity contribution < 1.29 is 13.9 Å². The fourth-order valence-electron chi connectivity index (χ4n) is 4.25. The minimum Gasteiger partial charge on any atom is -0.450 e. The standard InChI is InChI=1S/C23H22N2O4/c26-21-17-8-4-5-9-18(17)29-22-19(21)20(16-6-2-1-3-7-16)25(23(22)27)11-10-24-12-14-28-15-13-24/h1-9,20H,10-15H2. The third-order valence-corrected chi connectivity index (χ3v) is 5.75. The number of carbonyl (C=O) groups excluding carboxylic acids is 1. The van der Waals surface area contributed by atoms with E-state index in [1.165, 1.54) is 0 Å². The number of hydrogen-bond donors (Lipinski definition) is 0. The summed E-state index contributed by atoms with van der Waals surface area (Å²) in [6.07, 6.45) is 0. The van der Waals surface area contributed by atoms with Crippen LogP contribution in [0.4, 0.5) is 0 Å². The van der Waals surface area contributed by atoms with Gasteiger partial charge in [0, 0.05) is 26.2 Å². The molecule has 1 amide bonds. The maximum atomic E-state index is 13.3. The summed E-state index contributed by atoms with van der Waals surface area (Å²) in [5, 5.41) is 0.509. The van der Waals surface area contributed by atoms with Crippen molar-refractivity contribution in [3.05, 3.63) is 81.7 Å². The summed E-state index contributed by atoms with van der Waals surface area (Å²) in [6, 6.07) is 16.4. The fourth-order valence-corrected chi connectivity index (χ4v) is 4.25. The van der Waals surface area contributed by atoms with Gasteiger partial charge in [0.25, 0.3) is 5.91 Å². The molecule has 29 heavy (non-hydrogen) atoms. The van der Waals surface area contributed by atoms with Gasteiger partial charge in [0.15, 0.2) is 5.43 Å². The second kappa shape index (κ2) is 7.46. The molecule has 3 heterocycles. The summed E-state index contributed by atoms with van der Waals surface area (Å²) < 4.78 is 11.4. The molecule has 0 aliphatic carbocycles. The van der Waals surface area contributed by atoms with Gasteiger partial charge in [0.05, 0.1) is 30.2 Å². The van der Waals surface area contributed by atoms with Crippen LogP contribution >= 0.6 is 0 Å². The third kappa shape index (κ3) is 3.14. The van der Waals surface area contributed by atoms with Crippen molar-refractivity contribution >= 4 is 16.9 Å². The van der Waals surface area contributed by atoms with Gasteiger partial charge in [-0.1, -0.05) is 42.5 Å². The van der Waals surface area contributed by atoms with Gasteiger partial charge in [0.2, 0.25) is 5.76 Å². The molecular formula is C23H22N2O4. The molecule has 148 valence electrons. The fraction of sp³-hybridized carbons (Fsp3) is 0.304. The van der Waals surface area contributed by atoms with Gasteiger partial charge in [-0.3, -0.25) is 14.5 Å². The van der Waals surface area contributed by atoms with Crippen molar-refractivity contribution in [3.8, 4) is 0 Å². The quantitative estimate of drug-likeness (QED) is 0.685. The lowest BCUT2D eigenvalue weighted by molar-refractivity contribution is 0.0314. The molecule has 0 saturated carbocycles. The van der Waals surface area contributed by atoms with Gasteiger partial charge in [-0.15, -0.1) is 0 Å². The van der Waals surface area contributed by atoms with E-state index in [1.54, 1.807) is 17.0 Å². The molecule has 1 aromatic heterocycles. The van der Waals surface area contributed by atoms with Gasteiger partial charge < -0.3 is 14.1 Å². The van der Waals surface area contributed by atoms with Gasteiger partial charge in [-0.25, -0.2) is 0 Å². The third-order valence-electron chi connectivity index (χ3n) is 5.75. The summed E-state index contributed by atoms with van der Waals surface area (Å²) in [7, 11) is 0. The van der Waals surface area contributed by atoms with Crippen LogP contribution in [0.2, 0.25) is 0 Å². The first kappa shape index (κ1) is 18.1. The average molecular weight is 390 g/mol. The molecule has 6 nitrogen and oxygen atoms in total. The molecule has 2 aliphatic rings. The van der Waals surface area contributed by atoms with Crippen LogP contribution in [0.3, 0.4) is 0 Å². The minimum atomic E-state index is -0.430. The molecule has 6 heteroatoms. The highest BCUT2D eigenvalue weighted by Crippen LogP contribution is 2.37. The smallest absolute Gasteiger partial charge is 0.290 e. The number of ether oxygens (including phenoxy) is 1. The van der Waals surface area contributed by atoms with Crippen molar-refractivity contribution in [1.29, 1.82) is 0 Å². The molecule has 1 saturated heterocycles. The van der Waals surface area contributed by atoms with Crippen LogP contribution in [0.1, 0.15) is 27.7 Å². The Morgan fingerprint density at radius 3 is 2.41 bits per heavy atom. The zero-order valence-electron chi connectivity index (χ0n) is 16.0. The SMILES string of the molecule is O=C1c2oc3ccccc3c(=O)c2C(c2ccccc2)N1CCN1CCOCC1. The van der Waals surface area contributed by atoms with Crippen molar-refractivity contribution in [2.24, 2.45) is 0 Å². The van der Waals surface area contributed by atoms with E-state index in [2.05, 4.69) is 4.90 Å². The van der Waals surface area contributed by atoms with Crippen LogP contribution in [0.25, 0.3) is 11.0 Å². The van der Waals surface area contributed by atoms with E-state index in [4.69, 9.17) is 9.15 Å². The highest BCUT2D eigenvalue weighted by Gasteiger charge is 2.42. The second-order valence-electron chi connectivity index (χ2n) is 7.44. The number of rotatable bonds is 4. The number of amides is 1. The number of nitrogens with zero attached hydrogens (tertiary/aromatic N) is 2. The number of carbonyl (C=O) groups is 1. The molecule has 2 aliphatic heterocycles. The predicted octanol–water partition coefficient (Wildman–Crippen LogP) is 2.67. The van der Waals surface area contributed by atoms with E-state index in [0.29, 0.717) is 36.3 Å². The second-order valence-corrected chi connectivity index (χ2v) is 7.44. The molecule has 1 atom stereocenters. The first-order valence-corrected chi connectivity index (χ1v) is 9.96. The molecule has 1 unspecified atom stereocenters. The van der Waals surface area contributed by atoms with Crippen LogP contribution in [0, 0.1) is 0 Å². The van der Waals surface area contributed by atoms with Gasteiger partial charge in [0.1, 0.15) is 5.58 Å². The Kier molecular flexibility index (Phi) is 4.66. The summed E-state index contributed by atoms with van der Waals surface area (Å²) in [4.78, 5) is 30.7. The molecule has 2 aromatic carbocycles. The van der Waals surface area contributed by atoms with Crippen LogP contribution in [-0.2, 0) is 4.74 Å². The van der Waals surface area contributed by atoms with Gasteiger partial charge in [-0.05, 0) is 17.7 Å². The van der Waals surface area contributed by atoms with Gasteiger partial charge in [-0.2, -0.15) is 0 Å². The highest BCUT2D eigenvalue weighted by atomic mass is 16.5. The molecule has 0 bridgehead atoms. The topological polar surface area (TPSA) is 63.0 Å². The van der Waals surface area contributed by atoms with E-state index in [-0.39, 0.29) is 17.1 Å². The number of fused-ring (bicyclic) bond motifs is 2. The number of para-hydroxylation sites is 1. The van der Waals surface area contributed by atoms with Crippen molar-refractivity contribution in [1.82, 2.24) is 9.80 Å². The van der Waals surface area contributed by atoms with Crippen molar-refractivity contribution in [2.45, 2.75) is 6.04 Å². The zero-order chi connectivity index (χ0) is 19.8. The Balaban J connectivity index is 1.58. The van der Waals surface area contributed by atoms with E-state index in [1.807, 2.05) is 42.5 Å². The summed E-state index contributed by atoms with van der Waals surface area (Å²) in [5.41, 5.74) is 1.69. The van der Waals surface area contributed by atoms with Crippen LogP contribution < -0.4 is 5.43 Å². The molecule has 0 spiro atoms. The predicted molar refractivity (Wildman–Crippen MR) is 109 cm³/mol. The van der Waals surface area contributed by atoms with E-state index in [0.717, 1.165) is 25.2 Å². The van der Waals surface area contributed by atoms with Gasteiger partial charge >= 0.3 is 0 Å². The lowest BCUT2D eigenvalue weighted by atomic mass is 9.98. The molecule has 0 radical (unpaired) electrons. The van der Waals surface area contributed by atoms with E-state index < -0.39 is 6.04 Å². The van der Waals surface area contributed by atoms with Crippen LogP contribution in [0.5, 0.6) is 0 Å². The van der Waals surface area contributed by atoms with E-state index >= 15 is 0 Å². The first-order chi connectivity index (χ1) is 14.2. The lowest BCUT2D eigenvalue weighted by Gasteiger charge is -2.31. The minimum absolute atomic E-state index is 0.127. The Bertz CT molecular complexity index is 1100. The zero-order valence-corrected chi connectivity index (χ0v) is 16.0. The maximum absolute atomic E-state index is 13.3. The Labute approximate surface area is 168 Å². The number of hydrogen-bond acceptors (Lipinski definition) is 5.